The van der Waals surface area contributed by atoms with Gasteiger partial charge < -0.3 is 10.8 Å². The molecule has 1 aromatic rings. The number of hydrogen-bond donors (Lipinski definition) is 3. The number of phenols is 1. The lowest BCUT2D eigenvalue weighted by Crippen LogP contribution is -1.90. The molecular weight excluding hydrogens is 178 g/mol. The predicted molar refractivity (Wildman–Crippen MR) is 46.5 cm³/mol. The predicted octanol–water partition coefficient (Wildman–Crippen LogP) is 0.0858. The Kier molecular flexibility index (Phi) is 2.54. The van der Waals surface area contributed by atoms with Gasteiger partial charge >= 0.3 is 0 Å². The zero-order chi connectivity index (χ0) is 9.14. The van der Waals surface area contributed by atoms with Gasteiger partial charge in [-0.15, -0.1) is 0 Å². The van der Waals surface area contributed by atoms with Crippen LogP contribution in [0.3, 0.4) is 0 Å². The van der Waals surface area contributed by atoms with Gasteiger partial charge in [0.2, 0.25) is 0 Å². The summed E-state index contributed by atoms with van der Waals surface area (Å²) in [6.45, 7) is 0. The number of phenolic OH excluding ortho intramolecular Hbond substituents is 1. The van der Waals surface area contributed by atoms with Gasteiger partial charge in [0.25, 0.3) is 0 Å². The molecular formula is C7H9NO3S. The molecule has 66 valence electrons. The molecule has 0 aliphatic heterocycles. The number of benzene rings is 1. The Morgan fingerprint density at radius 2 is 2.08 bits per heavy atom. The van der Waals surface area contributed by atoms with Crippen LogP contribution < -0.4 is 5.73 Å². The first-order valence-corrected chi connectivity index (χ1v) is 4.65. The topological polar surface area (TPSA) is 80.4 Å². The van der Waals surface area contributed by atoms with Crippen LogP contribution in [0.15, 0.2) is 18.2 Å². The molecule has 0 saturated carbocycles. The molecule has 0 unspecified atom stereocenters. The van der Waals surface area contributed by atoms with Crippen LogP contribution in [0.5, 0.6) is 5.75 Å². The van der Waals surface area contributed by atoms with Gasteiger partial charge in [0.1, 0.15) is 16.5 Å². The number of anilines is 1. The van der Waals surface area contributed by atoms with Crippen LogP contribution in [-0.4, -0.2) is 13.5 Å². The third-order valence-corrected chi connectivity index (χ3v) is 2.03. The molecule has 0 heterocycles. The van der Waals surface area contributed by atoms with Crippen molar-refractivity contribution in [2.75, 3.05) is 5.73 Å². The molecule has 1 aromatic carbocycles. The minimum Gasteiger partial charge on any atom is -0.506 e. The van der Waals surface area contributed by atoms with Gasteiger partial charge in [-0.2, -0.15) is 0 Å². The first-order chi connectivity index (χ1) is 5.59. The van der Waals surface area contributed by atoms with Gasteiger partial charge in [0, 0.05) is 0 Å². The van der Waals surface area contributed by atoms with Crippen LogP contribution in [-0.2, 0) is 16.5 Å². The fourth-order valence-electron chi connectivity index (χ4n) is 0.851. The van der Waals surface area contributed by atoms with Crippen LogP contribution in [0.25, 0.3) is 0 Å². The Morgan fingerprint density at radius 3 is 2.58 bits per heavy atom. The summed E-state index contributed by atoms with van der Waals surface area (Å²) >= 11 is 0. The second-order valence-corrected chi connectivity index (χ2v) is 3.37. The first-order valence-electron chi connectivity index (χ1n) is 3.29. The molecule has 0 saturated heterocycles. The second-order valence-electron chi connectivity index (χ2n) is 2.38. The Bertz CT molecular complexity index is 352. The quantitative estimate of drug-likeness (QED) is 0.348. The van der Waals surface area contributed by atoms with Gasteiger partial charge in [-0.1, -0.05) is 6.07 Å². The third-order valence-electron chi connectivity index (χ3n) is 1.40. The van der Waals surface area contributed by atoms with E-state index >= 15 is 0 Å². The van der Waals surface area contributed by atoms with E-state index in [1.54, 1.807) is 0 Å². The minimum atomic E-state index is -2.44. The van der Waals surface area contributed by atoms with Crippen LogP contribution in [0.2, 0.25) is 0 Å². The van der Waals surface area contributed by atoms with Crippen LogP contribution in [0, 0.1) is 0 Å². The van der Waals surface area contributed by atoms with E-state index in [0.717, 1.165) is 0 Å². The average molecular weight is 187 g/mol. The SMILES string of the molecule is Nc1cc(C[SH](=O)=O)ccc1O. The van der Waals surface area contributed by atoms with Gasteiger partial charge in [-0.3, -0.25) is 0 Å². The molecule has 5 heteroatoms. The van der Waals surface area contributed by atoms with Crippen molar-refractivity contribution < 1.29 is 13.5 Å². The highest BCUT2D eigenvalue weighted by Crippen LogP contribution is 2.20. The number of thiol groups is 1. The summed E-state index contributed by atoms with van der Waals surface area (Å²) < 4.78 is 20.6. The van der Waals surface area contributed by atoms with E-state index in [1.165, 1.54) is 18.2 Å². The number of aromatic hydroxyl groups is 1. The first kappa shape index (κ1) is 8.86. The van der Waals surface area contributed by atoms with Crippen LogP contribution in [0.4, 0.5) is 5.69 Å². The van der Waals surface area contributed by atoms with Crippen molar-refractivity contribution in [2.24, 2.45) is 0 Å². The molecule has 0 atom stereocenters. The van der Waals surface area contributed by atoms with Crippen molar-refractivity contribution >= 4 is 16.4 Å². The van der Waals surface area contributed by atoms with E-state index in [0.29, 0.717) is 5.56 Å². The summed E-state index contributed by atoms with van der Waals surface area (Å²) in [5.74, 6) is -0.0697. The molecule has 1 rings (SSSR count). The molecule has 0 aliphatic rings. The van der Waals surface area contributed by atoms with Crippen molar-refractivity contribution in [1.82, 2.24) is 0 Å². The lowest BCUT2D eigenvalue weighted by molar-refractivity contribution is 0.478. The number of hydrogen-bond acceptors (Lipinski definition) is 4. The highest BCUT2D eigenvalue weighted by molar-refractivity contribution is 7.71. The molecule has 0 spiro atoms. The Balaban J connectivity index is 2.97. The fraction of sp³-hybridized carbons (Fsp3) is 0.143. The fourth-order valence-corrected chi connectivity index (χ4v) is 1.35. The molecule has 12 heavy (non-hydrogen) atoms. The molecule has 0 aromatic heterocycles. The van der Waals surface area contributed by atoms with Crippen molar-refractivity contribution in [3.8, 4) is 5.75 Å². The zero-order valence-electron chi connectivity index (χ0n) is 6.23. The molecule has 3 N–H and O–H groups in total. The number of nitrogens with two attached hydrogens (primary N) is 1. The van der Waals surface area contributed by atoms with E-state index in [9.17, 15) is 8.42 Å². The molecule has 0 aliphatic carbocycles. The molecule has 0 bridgehead atoms. The van der Waals surface area contributed by atoms with Gasteiger partial charge in [-0.05, 0) is 17.7 Å². The molecule has 0 amide bonds. The maximum absolute atomic E-state index is 10.3. The van der Waals surface area contributed by atoms with E-state index in [4.69, 9.17) is 10.8 Å². The molecule has 0 fully saturated rings. The van der Waals surface area contributed by atoms with Crippen LogP contribution in [0.1, 0.15) is 5.56 Å². The van der Waals surface area contributed by atoms with Crippen molar-refractivity contribution in [2.45, 2.75) is 5.75 Å². The number of rotatable bonds is 2. The monoisotopic (exact) mass is 187 g/mol. The maximum atomic E-state index is 10.3. The van der Waals surface area contributed by atoms with E-state index in [-0.39, 0.29) is 17.2 Å². The van der Waals surface area contributed by atoms with E-state index < -0.39 is 10.7 Å². The summed E-state index contributed by atoms with van der Waals surface area (Å²) in [5.41, 5.74) is 6.13. The average Bonchev–Trinajstić information content (AvgIpc) is 1.96. The van der Waals surface area contributed by atoms with Crippen molar-refractivity contribution in [1.29, 1.82) is 0 Å². The zero-order valence-corrected chi connectivity index (χ0v) is 7.12. The molecule has 4 nitrogen and oxygen atoms in total. The smallest absolute Gasteiger partial charge is 0.144 e. The van der Waals surface area contributed by atoms with Crippen molar-refractivity contribution in [3.63, 3.8) is 0 Å². The third kappa shape index (κ3) is 2.13. The Labute approximate surface area is 71.6 Å². The maximum Gasteiger partial charge on any atom is 0.144 e. The highest BCUT2D eigenvalue weighted by Gasteiger charge is 1.98. The standard InChI is InChI=1S/C7H9NO3S/c8-6-3-5(4-12(10)11)1-2-7(6)9/h1-3,9,12H,4,8H2. The second kappa shape index (κ2) is 3.44. The summed E-state index contributed by atoms with van der Waals surface area (Å²) in [5, 5.41) is 9.00. The van der Waals surface area contributed by atoms with Gasteiger partial charge in [0.05, 0.1) is 11.4 Å². The normalized spacial score (nSPS) is 10.4. The van der Waals surface area contributed by atoms with Crippen LogP contribution >= 0.6 is 0 Å². The number of nitrogen functional groups attached to an aromatic ring is 1. The lowest BCUT2D eigenvalue weighted by Gasteiger charge is -1.99. The summed E-state index contributed by atoms with van der Waals surface area (Å²) in [7, 11) is -2.44. The summed E-state index contributed by atoms with van der Waals surface area (Å²) in [4.78, 5) is 0. The lowest BCUT2D eigenvalue weighted by atomic mass is 10.2. The largest absolute Gasteiger partial charge is 0.506 e. The Morgan fingerprint density at radius 1 is 1.42 bits per heavy atom. The minimum absolute atomic E-state index is 0.0279. The summed E-state index contributed by atoms with van der Waals surface area (Å²) in [6.07, 6.45) is 0. The van der Waals surface area contributed by atoms with Gasteiger partial charge in [-0.25, -0.2) is 8.42 Å². The van der Waals surface area contributed by atoms with Gasteiger partial charge in [0.15, 0.2) is 0 Å². The van der Waals surface area contributed by atoms with E-state index in [1.807, 2.05) is 0 Å². The molecule has 0 radical (unpaired) electrons. The highest BCUT2D eigenvalue weighted by atomic mass is 32.2. The van der Waals surface area contributed by atoms with Crippen molar-refractivity contribution in [3.05, 3.63) is 23.8 Å². The van der Waals surface area contributed by atoms with E-state index in [2.05, 4.69) is 0 Å². The Hall–Kier alpha value is -1.23. The summed E-state index contributed by atoms with van der Waals surface area (Å²) in [6, 6.07) is 4.35.